The van der Waals surface area contributed by atoms with Crippen molar-refractivity contribution in [3.05, 3.63) is 95.1 Å². The van der Waals surface area contributed by atoms with Gasteiger partial charge in [-0.25, -0.2) is 4.79 Å². The van der Waals surface area contributed by atoms with Gasteiger partial charge in [-0.1, -0.05) is 60.7 Å². The van der Waals surface area contributed by atoms with Gasteiger partial charge in [-0.05, 0) is 39.9 Å². The first-order valence-corrected chi connectivity index (χ1v) is 9.29. The lowest BCUT2D eigenvalue weighted by Crippen LogP contribution is -2.44. The van der Waals surface area contributed by atoms with E-state index in [-0.39, 0.29) is 12.3 Å². The molecule has 0 fully saturated rings. The minimum Gasteiger partial charge on any atom is -0.480 e. The highest BCUT2D eigenvalue weighted by Gasteiger charge is 2.35. The number of nitrogens with zero attached hydrogens (tertiary/aromatic N) is 1. The van der Waals surface area contributed by atoms with Gasteiger partial charge >= 0.3 is 5.97 Å². The molecule has 2 N–H and O–H groups in total. The number of hydrogen-bond acceptors (Lipinski definition) is 3. The van der Waals surface area contributed by atoms with Gasteiger partial charge in [-0.15, -0.1) is 0 Å². The van der Waals surface area contributed by atoms with Gasteiger partial charge in [0.25, 0.3) is 0 Å². The summed E-state index contributed by atoms with van der Waals surface area (Å²) in [4.78, 5) is 25.0. The van der Waals surface area contributed by atoms with Crippen molar-refractivity contribution >= 4 is 11.9 Å². The predicted octanol–water partition coefficient (Wildman–Crippen LogP) is 3.48. The van der Waals surface area contributed by atoms with E-state index >= 15 is 0 Å². The Hall–Kier alpha value is -3.91. The van der Waals surface area contributed by atoms with Gasteiger partial charge in [-0.2, -0.15) is 5.26 Å². The molecule has 5 nitrogen and oxygen atoms in total. The van der Waals surface area contributed by atoms with Crippen molar-refractivity contribution in [2.24, 2.45) is 0 Å². The number of carboxylic acid groups (broad SMARTS) is 1. The van der Waals surface area contributed by atoms with Crippen LogP contribution in [0, 0.1) is 11.3 Å². The standard InChI is InChI=1S/C24H18N2O3/c25-14-16-11-9-15(10-12-16)13-21(24(28)29)26-23(27)22-19-7-3-1-5-17(19)18-6-2-4-8-20(18)22/h1-12,21-22H,13H2,(H,26,27)(H,28,29)/t21-/m1/s1. The molecular weight excluding hydrogens is 364 g/mol. The molecule has 0 spiro atoms. The molecule has 0 saturated heterocycles. The number of carbonyl (C=O) groups excluding carboxylic acids is 1. The summed E-state index contributed by atoms with van der Waals surface area (Å²) >= 11 is 0. The molecule has 0 aliphatic heterocycles. The highest BCUT2D eigenvalue weighted by Crippen LogP contribution is 2.44. The summed E-state index contributed by atoms with van der Waals surface area (Å²) in [6, 6.07) is 23.1. The zero-order valence-electron chi connectivity index (χ0n) is 15.5. The van der Waals surface area contributed by atoms with Crippen LogP contribution < -0.4 is 5.32 Å². The third-order valence-corrected chi connectivity index (χ3v) is 5.23. The van der Waals surface area contributed by atoms with E-state index in [4.69, 9.17) is 5.26 Å². The zero-order chi connectivity index (χ0) is 20.4. The molecule has 1 amide bonds. The molecule has 4 rings (SSSR count). The summed E-state index contributed by atoms with van der Waals surface area (Å²) in [7, 11) is 0. The van der Waals surface area contributed by atoms with E-state index in [2.05, 4.69) is 5.32 Å². The van der Waals surface area contributed by atoms with Gasteiger partial charge < -0.3 is 10.4 Å². The lowest BCUT2D eigenvalue weighted by molar-refractivity contribution is -0.141. The second-order valence-corrected chi connectivity index (χ2v) is 7.02. The number of nitrogens with one attached hydrogen (secondary N) is 1. The van der Waals surface area contributed by atoms with Crippen LogP contribution in [0.3, 0.4) is 0 Å². The fourth-order valence-corrected chi connectivity index (χ4v) is 3.84. The van der Waals surface area contributed by atoms with Crippen molar-refractivity contribution in [2.75, 3.05) is 0 Å². The summed E-state index contributed by atoms with van der Waals surface area (Å²) in [6.07, 6.45) is 0.142. The third-order valence-electron chi connectivity index (χ3n) is 5.23. The topological polar surface area (TPSA) is 90.2 Å². The maximum absolute atomic E-state index is 13.2. The number of carboxylic acids is 1. The van der Waals surface area contributed by atoms with Crippen LogP contribution in [0.25, 0.3) is 11.1 Å². The molecule has 5 heteroatoms. The first-order chi connectivity index (χ1) is 14.1. The minimum absolute atomic E-state index is 0.142. The number of rotatable bonds is 5. The molecule has 0 saturated carbocycles. The molecule has 29 heavy (non-hydrogen) atoms. The molecule has 142 valence electrons. The van der Waals surface area contributed by atoms with Gasteiger partial charge in [0.05, 0.1) is 17.6 Å². The van der Waals surface area contributed by atoms with E-state index in [1.54, 1.807) is 24.3 Å². The van der Waals surface area contributed by atoms with Gasteiger partial charge in [0.15, 0.2) is 0 Å². The van der Waals surface area contributed by atoms with Crippen molar-refractivity contribution in [1.29, 1.82) is 5.26 Å². The van der Waals surface area contributed by atoms with Crippen LogP contribution in [0.4, 0.5) is 0 Å². The normalized spacial score (nSPS) is 13.1. The average molecular weight is 382 g/mol. The number of hydrogen-bond donors (Lipinski definition) is 2. The lowest BCUT2D eigenvalue weighted by Gasteiger charge is -2.19. The maximum Gasteiger partial charge on any atom is 0.326 e. The van der Waals surface area contributed by atoms with Gasteiger partial charge in [0.2, 0.25) is 5.91 Å². The number of carbonyl (C=O) groups is 2. The van der Waals surface area contributed by atoms with Crippen molar-refractivity contribution in [3.8, 4) is 17.2 Å². The van der Waals surface area contributed by atoms with Crippen LogP contribution in [0.5, 0.6) is 0 Å². The molecule has 3 aromatic carbocycles. The van der Waals surface area contributed by atoms with Crippen LogP contribution in [-0.2, 0) is 16.0 Å². The third kappa shape index (κ3) is 3.48. The monoisotopic (exact) mass is 382 g/mol. The van der Waals surface area contributed by atoms with Crippen molar-refractivity contribution < 1.29 is 14.7 Å². The van der Waals surface area contributed by atoms with Gasteiger partial charge in [0.1, 0.15) is 6.04 Å². The molecule has 1 atom stereocenters. The van der Waals surface area contributed by atoms with Crippen LogP contribution in [0.2, 0.25) is 0 Å². The Kier molecular flexibility index (Phi) is 4.84. The lowest BCUT2D eigenvalue weighted by atomic mass is 9.95. The fraction of sp³-hybridized carbons (Fsp3) is 0.125. The molecule has 0 bridgehead atoms. The van der Waals surface area contributed by atoms with Gasteiger partial charge in [-0.3, -0.25) is 4.79 Å². The molecule has 0 radical (unpaired) electrons. The quantitative estimate of drug-likeness (QED) is 0.707. The van der Waals surface area contributed by atoms with Crippen LogP contribution in [0.15, 0.2) is 72.8 Å². The molecular formula is C24H18N2O3. The van der Waals surface area contributed by atoms with Crippen LogP contribution in [-0.4, -0.2) is 23.0 Å². The van der Waals surface area contributed by atoms with E-state index in [9.17, 15) is 14.7 Å². The summed E-state index contributed by atoms with van der Waals surface area (Å²) in [5.74, 6) is -1.96. The summed E-state index contributed by atoms with van der Waals surface area (Å²) in [5.41, 5.74) is 5.01. The van der Waals surface area contributed by atoms with Crippen LogP contribution >= 0.6 is 0 Å². The highest BCUT2D eigenvalue weighted by molar-refractivity contribution is 5.97. The molecule has 0 heterocycles. The van der Waals surface area contributed by atoms with E-state index in [1.807, 2.05) is 54.6 Å². The minimum atomic E-state index is -1.10. The maximum atomic E-state index is 13.2. The van der Waals surface area contributed by atoms with E-state index in [0.717, 1.165) is 27.8 Å². The molecule has 3 aromatic rings. The average Bonchev–Trinajstić information content (AvgIpc) is 3.08. The Bertz CT molecular complexity index is 1080. The number of fused-ring (bicyclic) bond motifs is 3. The smallest absolute Gasteiger partial charge is 0.326 e. The Labute approximate surface area is 168 Å². The molecule has 1 aliphatic carbocycles. The van der Waals surface area contributed by atoms with Gasteiger partial charge in [0, 0.05) is 6.42 Å². The van der Waals surface area contributed by atoms with E-state index < -0.39 is 17.9 Å². The van der Waals surface area contributed by atoms with E-state index in [1.165, 1.54) is 0 Å². The summed E-state index contributed by atoms with van der Waals surface area (Å²) < 4.78 is 0. The second-order valence-electron chi connectivity index (χ2n) is 7.02. The molecule has 0 aromatic heterocycles. The van der Waals surface area contributed by atoms with Crippen molar-refractivity contribution in [2.45, 2.75) is 18.4 Å². The Balaban J connectivity index is 1.60. The first kappa shape index (κ1) is 18.5. The second kappa shape index (κ2) is 7.61. The Morgan fingerprint density at radius 2 is 1.48 bits per heavy atom. The summed E-state index contributed by atoms with van der Waals surface area (Å²) in [5, 5.41) is 21.3. The number of aliphatic carboxylic acids is 1. The number of benzene rings is 3. The summed E-state index contributed by atoms with van der Waals surface area (Å²) in [6.45, 7) is 0. The predicted molar refractivity (Wildman–Crippen MR) is 108 cm³/mol. The SMILES string of the molecule is N#Cc1ccc(C[C@@H](NC(=O)C2c3ccccc3-c3ccccc32)C(=O)O)cc1. The first-order valence-electron chi connectivity index (χ1n) is 9.29. The van der Waals surface area contributed by atoms with Crippen molar-refractivity contribution in [3.63, 3.8) is 0 Å². The van der Waals surface area contributed by atoms with Crippen LogP contribution in [0.1, 0.15) is 28.2 Å². The van der Waals surface area contributed by atoms with Crippen molar-refractivity contribution in [1.82, 2.24) is 5.32 Å². The Morgan fingerprint density at radius 3 is 2.00 bits per heavy atom. The highest BCUT2D eigenvalue weighted by atomic mass is 16.4. The fourth-order valence-electron chi connectivity index (χ4n) is 3.84. The zero-order valence-corrected chi connectivity index (χ0v) is 15.5. The number of nitriles is 1. The molecule has 1 aliphatic rings. The number of amides is 1. The Morgan fingerprint density at radius 1 is 0.931 bits per heavy atom. The molecule has 0 unspecified atom stereocenters. The largest absolute Gasteiger partial charge is 0.480 e. The van der Waals surface area contributed by atoms with E-state index in [0.29, 0.717) is 5.56 Å².